The van der Waals surface area contributed by atoms with Crippen LogP contribution in [0.3, 0.4) is 0 Å². The Labute approximate surface area is 261 Å². The van der Waals surface area contributed by atoms with Gasteiger partial charge >= 0.3 is 11.9 Å². The molecule has 1 fully saturated rings. The van der Waals surface area contributed by atoms with Crippen molar-refractivity contribution in [1.82, 2.24) is 19.9 Å². The predicted molar refractivity (Wildman–Crippen MR) is 181 cm³/mol. The average molecular weight is 629 g/mol. The summed E-state index contributed by atoms with van der Waals surface area (Å²) in [7, 11) is -1.26. The molecule has 0 bridgehead atoms. The fourth-order valence-corrected chi connectivity index (χ4v) is 4.00. The molecule has 230 valence electrons. The average Bonchev–Trinajstić information content (AvgIpc) is 3.75. The van der Waals surface area contributed by atoms with Crippen LogP contribution in [0.2, 0.25) is 39.3 Å². The summed E-state index contributed by atoms with van der Waals surface area (Å²) >= 11 is 0. The summed E-state index contributed by atoms with van der Waals surface area (Å²) in [5.74, 6) is 3.99. The Bertz CT molecular complexity index is 1720. The number of hydrogen-bond donors (Lipinski definition) is 3. The first kappa shape index (κ1) is 35.6. The molecule has 1 aliphatic rings. The number of H-pyrrole nitrogens is 2. The Morgan fingerprint density at radius 3 is 1.77 bits per heavy atom. The van der Waals surface area contributed by atoms with Crippen LogP contribution in [0.15, 0.2) is 36.7 Å². The quantitative estimate of drug-likeness (QED) is 0.139. The summed E-state index contributed by atoms with van der Waals surface area (Å²) in [6, 6.07) is 7.18. The van der Waals surface area contributed by atoms with Crippen molar-refractivity contribution in [2.45, 2.75) is 52.1 Å². The number of ether oxygens (including phenoxy) is 2. The minimum absolute atomic E-state index is 0.0150. The van der Waals surface area contributed by atoms with Gasteiger partial charge < -0.3 is 24.5 Å². The van der Waals surface area contributed by atoms with Crippen molar-refractivity contribution in [2.24, 2.45) is 0 Å². The second-order valence-electron chi connectivity index (χ2n) is 11.7. The summed E-state index contributed by atoms with van der Waals surface area (Å²) in [4.78, 5) is 36.4. The number of terminal acetylenes is 2. The van der Waals surface area contributed by atoms with Crippen LogP contribution < -0.4 is 0 Å². The molecule has 0 saturated carbocycles. The highest BCUT2D eigenvalue weighted by molar-refractivity contribution is 6.84. The molecule has 1 saturated heterocycles. The molecular weight excluding hydrogens is 589 g/mol. The van der Waals surface area contributed by atoms with Gasteiger partial charge in [0.1, 0.15) is 38.8 Å². The van der Waals surface area contributed by atoms with Crippen molar-refractivity contribution in [3.63, 3.8) is 0 Å². The normalized spacial score (nSPS) is 12.0. The summed E-state index contributed by atoms with van der Waals surface area (Å²) in [6.07, 6.45) is 16.2. The Balaban J connectivity index is 0.000000234. The lowest BCUT2D eigenvalue weighted by atomic mass is 10.2. The minimum atomic E-state index is -1.52. The van der Waals surface area contributed by atoms with Crippen molar-refractivity contribution in [1.29, 1.82) is 0 Å². The number of esters is 1. The zero-order valence-electron chi connectivity index (χ0n) is 26.4. The summed E-state index contributed by atoms with van der Waals surface area (Å²) < 4.78 is 9.73. The van der Waals surface area contributed by atoms with Crippen LogP contribution in [0.25, 0.3) is 22.1 Å². The van der Waals surface area contributed by atoms with E-state index in [-0.39, 0.29) is 5.69 Å². The second-order valence-corrected chi connectivity index (χ2v) is 21.2. The third-order valence-electron chi connectivity index (χ3n) is 5.71. The Kier molecular flexibility index (Phi) is 13.2. The molecule has 5 heterocycles. The van der Waals surface area contributed by atoms with Gasteiger partial charge in [-0.3, -0.25) is 0 Å². The molecule has 0 spiro atoms. The number of nitrogens with one attached hydrogen (secondary N) is 2. The number of pyridine rings is 2. The van der Waals surface area contributed by atoms with E-state index in [1.54, 1.807) is 24.5 Å². The molecule has 3 N–H and O–H groups in total. The maximum absolute atomic E-state index is 11.8. The highest BCUT2D eigenvalue weighted by Gasteiger charge is 2.18. The van der Waals surface area contributed by atoms with Crippen LogP contribution in [-0.2, 0) is 9.47 Å². The van der Waals surface area contributed by atoms with E-state index in [0.717, 1.165) is 18.6 Å². The van der Waals surface area contributed by atoms with Crippen LogP contribution in [0.1, 0.15) is 44.9 Å². The first-order chi connectivity index (χ1) is 20.7. The van der Waals surface area contributed by atoms with E-state index >= 15 is 0 Å². The van der Waals surface area contributed by atoms with E-state index in [1.807, 2.05) is 12.1 Å². The number of fused-ring (bicyclic) bond motifs is 2. The summed E-state index contributed by atoms with van der Waals surface area (Å²) in [5.41, 5.74) is 8.58. The van der Waals surface area contributed by atoms with E-state index in [4.69, 9.17) is 27.4 Å². The molecule has 5 rings (SSSR count). The molecule has 0 amide bonds. The number of carboxylic acid groups (broad SMARTS) is 1. The van der Waals surface area contributed by atoms with E-state index in [9.17, 15) is 9.59 Å². The molecule has 0 atom stereocenters. The van der Waals surface area contributed by atoms with Gasteiger partial charge in [-0.05, 0) is 37.1 Å². The number of carbonyl (C=O) groups excluding carboxylic acids is 1. The molecule has 44 heavy (non-hydrogen) atoms. The molecule has 4 aromatic rings. The lowest BCUT2D eigenvalue weighted by Crippen LogP contribution is -2.16. The van der Waals surface area contributed by atoms with Gasteiger partial charge in [-0.15, -0.1) is 23.9 Å². The molecule has 0 aromatic carbocycles. The summed E-state index contributed by atoms with van der Waals surface area (Å²) in [6.45, 7) is 14.9. The zero-order valence-corrected chi connectivity index (χ0v) is 28.4. The number of rotatable bonds is 2. The molecular formula is C33H40N4O5Si2. The van der Waals surface area contributed by atoms with Gasteiger partial charge in [0, 0.05) is 36.4 Å². The fraction of sp³-hybridized carbons (Fsp3) is 0.333. The minimum Gasteiger partial charge on any atom is -0.477 e. The maximum Gasteiger partial charge on any atom is 0.355 e. The van der Waals surface area contributed by atoms with Crippen LogP contribution in [0.5, 0.6) is 0 Å². The van der Waals surface area contributed by atoms with Gasteiger partial charge in [0.05, 0.1) is 18.2 Å². The number of aromatic amines is 2. The van der Waals surface area contributed by atoms with Crippen molar-refractivity contribution in [2.75, 3.05) is 20.3 Å². The van der Waals surface area contributed by atoms with Crippen molar-refractivity contribution < 1.29 is 24.2 Å². The monoisotopic (exact) mass is 628 g/mol. The SMILES string of the molecule is C#C[Si](C)(C)C.C#Cc1c(C(=O)O)[nH]c2ncccc12.C1CCOC1.COC(=O)c1[nH]c2ncccc2c1C#C[Si](C)(C)C. The molecule has 11 heteroatoms. The van der Waals surface area contributed by atoms with Crippen LogP contribution in [0, 0.1) is 35.8 Å². The van der Waals surface area contributed by atoms with Crippen LogP contribution in [0.4, 0.5) is 0 Å². The third-order valence-corrected chi connectivity index (χ3v) is 7.45. The number of nitrogens with zero attached hydrogens (tertiary/aromatic N) is 2. The Morgan fingerprint density at radius 1 is 0.886 bits per heavy atom. The number of carbonyl (C=O) groups is 2. The fourth-order valence-electron chi connectivity index (χ4n) is 3.50. The van der Waals surface area contributed by atoms with Crippen LogP contribution >= 0.6 is 0 Å². The highest BCUT2D eigenvalue weighted by atomic mass is 28.3. The zero-order chi connectivity index (χ0) is 32.9. The predicted octanol–water partition coefficient (Wildman–Crippen LogP) is 6.11. The van der Waals surface area contributed by atoms with E-state index in [0.29, 0.717) is 33.5 Å². The second kappa shape index (κ2) is 16.3. The van der Waals surface area contributed by atoms with Gasteiger partial charge in [-0.25, -0.2) is 19.6 Å². The van der Waals surface area contributed by atoms with Gasteiger partial charge in [-0.1, -0.05) is 51.1 Å². The molecule has 4 aromatic heterocycles. The van der Waals surface area contributed by atoms with Crippen LogP contribution in [-0.4, -0.2) is 73.5 Å². The van der Waals surface area contributed by atoms with Gasteiger partial charge in [-0.2, -0.15) is 0 Å². The van der Waals surface area contributed by atoms with Gasteiger partial charge in [0.15, 0.2) is 0 Å². The topological polar surface area (TPSA) is 130 Å². The largest absolute Gasteiger partial charge is 0.477 e. The van der Waals surface area contributed by atoms with E-state index in [2.05, 4.69) is 82.1 Å². The van der Waals surface area contributed by atoms with Gasteiger partial charge in [0.25, 0.3) is 0 Å². The number of aromatic carboxylic acids is 1. The van der Waals surface area contributed by atoms with E-state index < -0.39 is 28.1 Å². The Morgan fingerprint density at radius 2 is 1.39 bits per heavy atom. The van der Waals surface area contributed by atoms with Crippen molar-refractivity contribution in [3.05, 3.63) is 59.2 Å². The van der Waals surface area contributed by atoms with Crippen molar-refractivity contribution in [3.8, 4) is 35.8 Å². The first-order valence-corrected chi connectivity index (χ1v) is 21.0. The number of methoxy groups -OCH3 is 1. The highest BCUT2D eigenvalue weighted by Crippen LogP contribution is 2.21. The Hall–Kier alpha value is -4.61. The van der Waals surface area contributed by atoms with Crippen molar-refractivity contribution >= 4 is 50.2 Å². The number of carboxylic acids is 1. The smallest absolute Gasteiger partial charge is 0.355 e. The first-order valence-electron chi connectivity index (χ1n) is 14.0. The molecule has 0 radical (unpaired) electrons. The molecule has 0 unspecified atom stereocenters. The molecule has 9 nitrogen and oxygen atoms in total. The third kappa shape index (κ3) is 10.9. The lowest BCUT2D eigenvalue weighted by molar-refractivity contribution is 0.0594. The molecule has 0 aliphatic carbocycles. The maximum atomic E-state index is 11.8. The number of aromatic nitrogens is 4. The standard InChI is InChI=1S/C14H16N2O2Si.C10H6N2O2.C5H10Si.C4H8O/c1-18-14(17)12-10(7-9-19(2,3)4)11-6-5-8-15-13(11)16-12;1-2-6-7-4-3-5-11-9(7)12-8(6)10(13)14;1-5-6(2,3)4;1-2-4-5-3-1/h5-6,8H,1-4H3,(H,15,16);1,3-5H,(H,11,12)(H,13,14);1H,2-4H3;1-4H2. The lowest BCUT2D eigenvalue weighted by Gasteiger charge is -2.03. The number of hydrogen-bond acceptors (Lipinski definition) is 6. The molecule has 1 aliphatic heterocycles. The van der Waals surface area contributed by atoms with Gasteiger partial charge in [0.2, 0.25) is 0 Å². The summed E-state index contributed by atoms with van der Waals surface area (Å²) in [5, 5.41) is 10.4. The van der Waals surface area contributed by atoms with E-state index in [1.165, 1.54) is 20.0 Å².